The molecular formula is C7H16Si. The maximum atomic E-state index is 3.71. The van der Waals surface area contributed by atoms with Gasteiger partial charge in [0.1, 0.15) is 0 Å². The van der Waals surface area contributed by atoms with E-state index in [1.54, 1.807) is 0 Å². The second-order valence-electron chi connectivity index (χ2n) is 2.75. The van der Waals surface area contributed by atoms with E-state index in [9.17, 15) is 0 Å². The minimum absolute atomic E-state index is 0.354. The van der Waals surface area contributed by atoms with E-state index in [-0.39, 0.29) is 8.80 Å². The second-order valence-corrected chi connectivity index (χ2v) is 6.37. The van der Waals surface area contributed by atoms with Crippen molar-refractivity contribution in [1.82, 2.24) is 0 Å². The zero-order chi connectivity index (χ0) is 6.57. The standard InChI is InChI=1S/C7H16Si/c1-5-6-7(2)8(3)4/h5,7-8H,1,6H2,2-4H3. The molecule has 0 aliphatic carbocycles. The largest absolute Gasteiger partial charge is 0.103 e. The molecule has 0 N–H and O–H groups in total. The lowest BCUT2D eigenvalue weighted by atomic mass is 10.3. The van der Waals surface area contributed by atoms with Crippen LogP contribution in [0.25, 0.3) is 0 Å². The van der Waals surface area contributed by atoms with Crippen LogP contribution in [-0.4, -0.2) is 8.80 Å². The molecule has 48 valence electrons. The van der Waals surface area contributed by atoms with Crippen molar-refractivity contribution >= 4 is 8.80 Å². The van der Waals surface area contributed by atoms with Gasteiger partial charge in [-0.15, -0.1) is 6.58 Å². The van der Waals surface area contributed by atoms with Crippen molar-refractivity contribution in [2.24, 2.45) is 0 Å². The summed E-state index contributed by atoms with van der Waals surface area (Å²) in [6, 6.07) is 0. The highest BCUT2D eigenvalue weighted by atomic mass is 28.3. The highest BCUT2D eigenvalue weighted by Crippen LogP contribution is 2.13. The summed E-state index contributed by atoms with van der Waals surface area (Å²) in [6.45, 7) is 10.8. The summed E-state index contributed by atoms with van der Waals surface area (Å²) in [5.74, 6) is 0. The highest BCUT2D eigenvalue weighted by Gasteiger charge is 2.04. The van der Waals surface area contributed by atoms with Crippen molar-refractivity contribution in [2.45, 2.75) is 32.0 Å². The third kappa shape index (κ3) is 3.02. The molecule has 0 aliphatic heterocycles. The lowest BCUT2D eigenvalue weighted by molar-refractivity contribution is 0.927. The Morgan fingerprint density at radius 3 is 2.25 bits per heavy atom. The van der Waals surface area contributed by atoms with E-state index < -0.39 is 0 Å². The Balaban J connectivity index is 3.30. The van der Waals surface area contributed by atoms with E-state index in [2.05, 4.69) is 26.6 Å². The van der Waals surface area contributed by atoms with Crippen molar-refractivity contribution in [3.63, 3.8) is 0 Å². The van der Waals surface area contributed by atoms with E-state index in [0.29, 0.717) is 0 Å². The fourth-order valence-electron chi connectivity index (χ4n) is 0.535. The molecule has 1 unspecified atom stereocenters. The fraction of sp³-hybridized carbons (Fsp3) is 0.714. The first-order valence-electron chi connectivity index (χ1n) is 3.29. The van der Waals surface area contributed by atoms with Crippen molar-refractivity contribution in [2.75, 3.05) is 0 Å². The Kier molecular flexibility index (Phi) is 3.88. The van der Waals surface area contributed by atoms with Crippen LogP contribution in [0.5, 0.6) is 0 Å². The fourth-order valence-corrected chi connectivity index (χ4v) is 1.27. The Bertz CT molecular complexity index is 66.8. The van der Waals surface area contributed by atoms with Crippen LogP contribution in [0.15, 0.2) is 12.7 Å². The Hall–Kier alpha value is -0.0431. The van der Waals surface area contributed by atoms with Gasteiger partial charge in [-0.1, -0.05) is 26.1 Å². The molecule has 8 heavy (non-hydrogen) atoms. The predicted molar refractivity (Wildman–Crippen MR) is 43.1 cm³/mol. The molecule has 0 nitrogen and oxygen atoms in total. The molecule has 0 heterocycles. The number of hydrogen-bond acceptors (Lipinski definition) is 0. The van der Waals surface area contributed by atoms with E-state index in [1.165, 1.54) is 6.42 Å². The summed E-state index contributed by atoms with van der Waals surface area (Å²) in [5.41, 5.74) is 0.937. The zero-order valence-corrected chi connectivity index (χ0v) is 7.30. The molecule has 0 aromatic rings. The van der Waals surface area contributed by atoms with Gasteiger partial charge in [-0.2, -0.15) is 0 Å². The van der Waals surface area contributed by atoms with Gasteiger partial charge in [0.15, 0.2) is 0 Å². The lowest BCUT2D eigenvalue weighted by Crippen LogP contribution is -2.06. The molecule has 0 saturated carbocycles. The first-order valence-corrected chi connectivity index (χ1v) is 6.27. The molecule has 0 aliphatic rings. The van der Waals surface area contributed by atoms with Crippen LogP contribution in [0.1, 0.15) is 13.3 Å². The molecule has 0 aromatic heterocycles. The molecule has 0 amide bonds. The van der Waals surface area contributed by atoms with Gasteiger partial charge >= 0.3 is 0 Å². The average molecular weight is 128 g/mol. The van der Waals surface area contributed by atoms with Crippen LogP contribution >= 0.6 is 0 Å². The van der Waals surface area contributed by atoms with Crippen molar-refractivity contribution in [3.05, 3.63) is 12.7 Å². The predicted octanol–water partition coefficient (Wildman–Crippen LogP) is 2.44. The van der Waals surface area contributed by atoms with Gasteiger partial charge in [0, 0.05) is 8.80 Å². The summed E-state index contributed by atoms with van der Waals surface area (Å²) in [6.07, 6.45) is 3.24. The van der Waals surface area contributed by atoms with Gasteiger partial charge in [-0.25, -0.2) is 0 Å². The van der Waals surface area contributed by atoms with Gasteiger partial charge in [-0.05, 0) is 12.0 Å². The van der Waals surface area contributed by atoms with E-state index in [0.717, 1.165) is 5.54 Å². The number of hydrogen-bond donors (Lipinski definition) is 0. The van der Waals surface area contributed by atoms with Crippen LogP contribution in [0.2, 0.25) is 18.6 Å². The summed E-state index contributed by atoms with van der Waals surface area (Å²) in [7, 11) is -0.354. The van der Waals surface area contributed by atoms with Crippen LogP contribution in [0.4, 0.5) is 0 Å². The monoisotopic (exact) mass is 128 g/mol. The van der Waals surface area contributed by atoms with Crippen LogP contribution in [-0.2, 0) is 0 Å². The molecule has 0 rings (SSSR count). The summed E-state index contributed by atoms with van der Waals surface area (Å²) in [5, 5.41) is 0. The molecule has 0 fully saturated rings. The molecule has 0 saturated heterocycles. The molecule has 1 atom stereocenters. The highest BCUT2D eigenvalue weighted by molar-refractivity contribution is 6.57. The Morgan fingerprint density at radius 2 is 2.12 bits per heavy atom. The third-order valence-corrected chi connectivity index (χ3v) is 4.22. The molecule has 0 spiro atoms. The van der Waals surface area contributed by atoms with Gasteiger partial charge in [-0.3, -0.25) is 0 Å². The molecule has 0 radical (unpaired) electrons. The zero-order valence-electron chi connectivity index (χ0n) is 6.15. The topological polar surface area (TPSA) is 0 Å². The Morgan fingerprint density at radius 1 is 1.62 bits per heavy atom. The first kappa shape index (κ1) is 7.96. The molecule has 0 bridgehead atoms. The van der Waals surface area contributed by atoms with Crippen molar-refractivity contribution in [3.8, 4) is 0 Å². The van der Waals surface area contributed by atoms with Crippen molar-refractivity contribution in [1.29, 1.82) is 0 Å². The normalized spacial score (nSPS) is 14.0. The van der Waals surface area contributed by atoms with Crippen LogP contribution in [0, 0.1) is 0 Å². The third-order valence-electron chi connectivity index (χ3n) is 1.68. The Labute approximate surface area is 54.2 Å². The van der Waals surface area contributed by atoms with Crippen molar-refractivity contribution < 1.29 is 0 Å². The van der Waals surface area contributed by atoms with Gasteiger partial charge < -0.3 is 0 Å². The van der Waals surface area contributed by atoms with Crippen LogP contribution in [0.3, 0.4) is 0 Å². The van der Waals surface area contributed by atoms with E-state index in [1.807, 2.05) is 6.08 Å². The number of allylic oxidation sites excluding steroid dienone is 1. The second kappa shape index (κ2) is 3.90. The average Bonchev–Trinajstić information content (AvgIpc) is 1.67. The molecule has 1 heteroatoms. The summed E-state index contributed by atoms with van der Waals surface area (Å²) >= 11 is 0. The van der Waals surface area contributed by atoms with E-state index >= 15 is 0 Å². The quantitative estimate of drug-likeness (QED) is 0.404. The lowest BCUT2D eigenvalue weighted by Gasteiger charge is -2.09. The molecular weight excluding hydrogens is 112 g/mol. The van der Waals surface area contributed by atoms with Gasteiger partial charge in [0.25, 0.3) is 0 Å². The van der Waals surface area contributed by atoms with E-state index in [4.69, 9.17) is 0 Å². The minimum Gasteiger partial charge on any atom is -0.103 e. The summed E-state index contributed by atoms with van der Waals surface area (Å²) < 4.78 is 0. The first-order chi connectivity index (χ1) is 3.68. The molecule has 0 aromatic carbocycles. The van der Waals surface area contributed by atoms with Gasteiger partial charge in [0.2, 0.25) is 0 Å². The van der Waals surface area contributed by atoms with Crippen LogP contribution < -0.4 is 0 Å². The van der Waals surface area contributed by atoms with Gasteiger partial charge in [0.05, 0.1) is 0 Å². The summed E-state index contributed by atoms with van der Waals surface area (Å²) in [4.78, 5) is 0. The maximum absolute atomic E-state index is 3.71. The number of rotatable bonds is 3. The smallest absolute Gasteiger partial charge is 0.0337 e. The minimum atomic E-state index is -0.354. The maximum Gasteiger partial charge on any atom is 0.0337 e. The SMILES string of the molecule is C=CCC(C)[SiH](C)C.